The summed E-state index contributed by atoms with van der Waals surface area (Å²) in [5.41, 5.74) is 0.877. The van der Waals surface area contributed by atoms with Crippen molar-refractivity contribution >= 4 is 23.5 Å². The average molecular weight is 340 g/mol. The van der Waals surface area contributed by atoms with E-state index in [1.807, 2.05) is 13.8 Å². The summed E-state index contributed by atoms with van der Waals surface area (Å²) in [7, 11) is 0. The maximum atomic E-state index is 12.2. The van der Waals surface area contributed by atoms with Gasteiger partial charge in [-0.2, -0.15) is 0 Å². The number of benzene rings is 1. The Morgan fingerprint density at radius 1 is 1.39 bits per heavy atom. The van der Waals surface area contributed by atoms with Crippen LogP contribution in [0.1, 0.15) is 26.3 Å². The molecule has 23 heavy (non-hydrogen) atoms. The second-order valence-corrected chi connectivity index (χ2v) is 6.62. The van der Waals surface area contributed by atoms with Gasteiger partial charge in [0.2, 0.25) is 0 Å². The quantitative estimate of drug-likeness (QED) is 0.837. The molecule has 0 radical (unpaired) electrons. The first-order chi connectivity index (χ1) is 10.9. The Morgan fingerprint density at radius 2 is 2.13 bits per heavy atom. The number of carbonyl (C=O) groups excluding carboxylic acids is 2. The number of nitrogens with one attached hydrogen (secondary N) is 1. The van der Waals surface area contributed by atoms with Gasteiger partial charge < -0.3 is 14.8 Å². The molecular weight excluding hydrogens is 318 g/mol. The van der Waals surface area contributed by atoms with Crippen molar-refractivity contribution in [3.8, 4) is 5.75 Å². The Bertz CT molecular complexity index is 588. The molecule has 0 aliphatic carbocycles. The van der Waals surface area contributed by atoms with Crippen molar-refractivity contribution in [1.82, 2.24) is 5.32 Å². The Morgan fingerprint density at radius 3 is 2.83 bits per heavy atom. The lowest BCUT2D eigenvalue weighted by Gasteiger charge is -2.25. The van der Waals surface area contributed by atoms with Crippen LogP contribution in [0.15, 0.2) is 18.2 Å². The summed E-state index contributed by atoms with van der Waals surface area (Å²) in [5.74, 6) is -0.0626. The molecule has 2 atom stereocenters. The van der Waals surface area contributed by atoms with Crippen LogP contribution >= 0.6 is 11.6 Å². The summed E-state index contributed by atoms with van der Waals surface area (Å²) >= 11 is 5.97. The number of rotatable bonds is 5. The van der Waals surface area contributed by atoms with Crippen LogP contribution in [0.25, 0.3) is 0 Å². The number of hydrogen-bond acceptors (Lipinski definition) is 4. The summed E-state index contributed by atoms with van der Waals surface area (Å²) in [6, 6.07) is 5.33. The first kappa shape index (κ1) is 17.6. The van der Waals surface area contributed by atoms with Crippen molar-refractivity contribution in [2.75, 3.05) is 13.2 Å². The van der Waals surface area contributed by atoms with Crippen molar-refractivity contribution in [2.24, 2.45) is 11.8 Å². The molecule has 1 aromatic rings. The fourth-order valence-corrected chi connectivity index (χ4v) is 2.48. The molecule has 1 aromatic carbocycles. The number of ether oxygens (including phenoxy) is 2. The van der Waals surface area contributed by atoms with Crippen molar-refractivity contribution in [1.29, 1.82) is 0 Å². The largest absolute Gasteiger partial charge is 0.492 e. The maximum absolute atomic E-state index is 12.2. The molecule has 0 bridgehead atoms. The molecule has 0 aromatic heterocycles. The van der Waals surface area contributed by atoms with Crippen LogP contribution < -0.4 is 10.1 Å². The molecule has 1 aliphatic rings. The molecular formula is C17H22ClNO4. The molecule has 0 saturated heterocycles. The Hall–Kier alpha value is -1.75. The van der Waals surface area contributed by atoms with Crippen LogP contribution in [0.5, 0.6) is 5.75 Å². The minimum absolute atomic E-state index is 0.244. The van der Waals surface area contributed by atoms with E-state index in [1.165, 1.54) is 0 Å². The summed E-state index contributed by atoms with van der Waals surface area (Å²) < 4.78 is 10.8. The molecule has 1 heterocycles. The molecule has 0 saturated carbocycles. The highest BCUT2D eigenvalue weighted by Crippen LogP contribution is 2.30. The van der Waals surface area contributed by atoms with Crippen LogP contribution in [0, 0.1) is 11.8 Å². The minimum Gasteiger partial charge on any atom is -0.492 e. The van der Waals surface area contributed by atoms with Crippen molar-refractivity contribution < 1.29 is 19.1 Å². The highest BCUT2D eigenvalue weighted by Gasteiger charge is 2.29. The molecule has 1 amide bonds. The third-order valence-electron chi connectivity index (χ3n) is 3.61. The fourth-order valence-electron chi connectivity index (χ4n) is 2.29. The van der Waals surface area contributed by atoms with Crippen LogP contribution in [0.4, 0.5) is 0 Å². The number of amides is 1. The highest BCUT2D eigenvalue weighted by molar-refractivity contribution is 6.30. The van der Waals surface area contributed by atoms with Gasteiger partial charge in [0.25, 0.3) is 5.91 Å². The third kappa shape index (κ3) is 4.86. The van der Waals surface area contributed by atoms with E-state index in [1.54, 1.807) is 25.1 Å². The molecule has 0 unspecified atom stereocenters. The van der Waals surface area contributed by atoms with E-state index in [2.05, 4.69) is 5.32 Å². The molecule has 1 N–H and O–H groups in total. The van der Waals surface area contributed by atoms with Crippen LogP contribution in [0.2, 0.25) is 5.02 Å². The van der Waals surface area contributed by atoms with Crippen molar-refractivity contribution in [3.63, 3.8) is 0 Å². The van der Waals surface area contributed by atoms with E-state index < -0.39 is 18.0 Å². The van der Waals surface area contributed by atoms with Gasteiger partial charge in [-0.05, 0) is 43.0 Å². The van der Waals surface area contributed by atoms with Gasteiger partial charge in [0.05, 0.1) is 5.92 Å². The molecule has 126 valence electrons. The maximum Gasteiger partial charge on any atom is 0.313 e. The van der Waals surface area contributed by atoms with Gasteiger partial charge in [0.1, 0.15) is 12.4 Å². The van der Waals surface area contributed by atoms with Gasteiger partial charge in [0, 0.05) is 11.6 Å². The van der Waals surface area contributed by atoms with Crippen molar-refractivity contribution in [2.45, 2.75) is 33.3 Å². The van der Waals surface area contributed by atoms with Gasteiger partial charge in [-0.25, -0.2) is 0 Å². The smallest absolute Gasteiger partial charge is 0.313 e. The number of fused-ring (bicyclic) bond motifs is 1. The van der Waals surface area contributed by atoms with E-state index in [9.17, 15) is 9.59 Å². The van der Waals surface area contributed by atoms with E-state index in [0.29, 0.717) is 23.9 Å². The fraction of sp³-hybridized carbons (Fsp3) is 0.529. The monoisotopic (exact) mass is 339 g/mol. The van der Waals surface area contributed by atoms with Crippen molar-refractivity contribution in [3.05, 3.63) is 28.8 Å². The number of carbonyl (C=O) groups is 2. The van der Waals surface area contributed by atoms with Gasteiger partial charge in [-0.1, -0.05) is 25.4 Å². The first-order valence-electron chi connectivity index (χ1n) is 7.76. The zero-order valence-corrected chi connectivity index (χ0v) is 14.4. The predicted octanol–water partition coefficient (Wildman–Crippen LogP) is 2.60. The Kier molecular flexibility index (Phi) is 5.88. The zero-order chi connectivity index (χ0) is 17.0. The molecule has 5 nitrogen and oxygen atoms in total. The second-order valence-electron chi connectivity index (χ2n) is 6.18. The summed E-state index contributed by atoms with van der Waals surface area (Å²) in [6.45, 7) is 6.37. The number of hydrogen-bond donors (Lipinski definition) is 1. The molecule has 0 fully saturated rings. The van der Waals surface area contributed by atoms with E-state index in [-0.39, 0.29) is 12.5 Å². The first-order valence-corrected chi connectivity index (χ1v) is 8.14. The second kappa shape index (κ2) is 7.68. The Balaban J connectivity index is 1.90. The average Bonchev–Trinajstić information content (AvgIpc) is 2.51. The van der Waals surface area contributed by atoms with Gasteiger partial charge in [0.15, 0.2) is 6.10 Å². The standard InChI is InChI=1S/C17H22ClNO4/c1-10(2)8-19-16(20)11(3)23-17(21)13-6-12-7-14(18)4-5-15(12)22-9-13/h4-5,7,10-11,13H,6,8-9H2,1-3H3,(H,19,20)/t11-,13+/m0/s1. The molecule has 0 spiro atoms. The minimum atomic E-state index is -0.818. The van der Waals surface area contributed by atoms with E-state index in [0.717, 1.165) is 11.3 Å². The number of halogens is 1. The third-order valence-corrected chi connectivity index (χ3v) is 3.84. The van der Waals surface area contributed by atoms with Gasteiger partial charge >= 0.3 is 5.97 Å². The SMILES string of the molecule is CC(C)CNC(=O)[C@H](C)OC(=O)[C@H]1COc2ccc(Cl)cc2C1. The summed E-state index contributed by atoms with van der Waals surface area (Å²) in [6.07, 6.45) is -0.322. The van der Waals surface area contributed by atoms with Crippen LogP contribution in [0.3, 0.4) is 0 Å². The van der Waals surface area contributed by atoms with Crippen LogP contribution in [-0.4, -0.2) is 31.1 Å². The molecule has 1 aliphatic heterocycles. The lowest BCUT2D eigenvalue weighted by atomic mass is 9.97. The van der Waals surface area contributed by atoms with Crippen LogP contribution in [-0.2, 0) is 20.7 Å². The Labute approximate surface area is 141 Å². The summed E-state index contributed by atoms with van der Waals surface area (Å²) in [5, 5.41) is 3.35. The molecule has 6 heteroatoms. The highest BCUT2D eigenvalue weighted by atomic mass is 35.5. The lowest BCUT2D eigenvalue weighted by Crippen LogP contribution is -2.40. The van der Waals surface area contributed by atoms with E-state index in [4.69, 9.17) is 21.1 Å². The summed E-state index contributed by atoms with van der Waals surface area (Å²) in [4.78, 5) is 24.1. The van der Waals surface area contributed by atoms with Gasteiger partial charge in [-0.15, -0.1) is 0 Å². The zero-order valence-electron chi connectivity index (χ0n) is 13.6. The predicted molar refractivity (Wildman–Crippen MR) is 87.5 cm³/mol. The normalized spacial score (nSPS) is 17.9. The van der Waals surface area contributed by atoms with E-state index >= 15 is 0 Å². The lowest BCUT2D eigenvalue weighted by molar-refractivity contribution is -0.160. The molecule has 2 rings (SSSR count). The topological polar surface area (TPSA) is 64.6 Å². The number of esters is 1. The van der Waals surface area contributed by atoms with Gasteiger partial charge in [-0.3, -0.25) is 9.59 Å².